The van der Waals surface area contributed by atoms with Crippen molar-refractivity contribution in [2.75, 3.05) is 6.54 Å². The molecule has 0 amide bonds. The number of nitrogens with one attached hydrogen (secondary N) is 2. The van der Waals surface area contributed by atoms with Crippen molar-refractivity contribution in [1.29, 1.82) is 0 Å². The van der Waals surface area contributed by atoms with E-state index in [1.807, 2.05) is 0 Å². The molecule has 30 heavy (non-hydrogen) atoms. The van der Waals surface area contributed by atoms with Crippen molar-refractivity contribution in [3.63, 3.8) is 0 Å². The van der Waals surface area contributed by atoms with E-state index in [0.29, 0.717) is 12.8 Å². The molecule has 0 aliphatic rings. The van der Waals surface area contributed by atoms with Gasteiger partial charge in [0.05, 0.1) is 0 Å². The standard InChI is InChI=1S/C18H26N6O6/c1-17(15(27)28,13-20-6-7-21-13)24(10-4-3-5-11(19)12(25)26)18(2,16(29)30)14-22-8-9-23-14/h6-9,11H,3-5,10,19H2,1-2H3,(H,20,21)(H,22,23)(H,25,26)(H,27,28)(H,29,30). The molecular weight excluding hydrogens is 396 g/mol. The van der Waals surface area contributed by atoms with Crippen molar-refractivity contribution in [2.24, 2.45) is 5.73 Å². The average molecular weight is 422 g/mol. The van der Waals surface area contributed by atoms with Crippen LogP contribution in [0, 0.1) is 0 Å². The Kier molecular flexibility index (Phi) is 6.95. The molecule has 0 radical (unpaired) electrons. The third-order valence-electron chi connectivity index (χ3n) is 5.30. The van der Waals surface area contributed by atoms with Crippen molar-refractivity contribution in [1.82, 2.24) is 24.8 Å². The molecule has 0 aliphatic heterocycles. The zero-order chi connectivity index (χ0) is 22.5. The highest BCUT2D eigenvalue weighted by Gasteiger charge is 2.56. The van der Waals surface area contributed by atoms with Gasteiger partial charge >= 0.3 is 17.9 Å². The van der Waals surface area contributed by atoms with E-state index < -0.39 is 35.0 Å². The Labute approximate surface area is 172 Å². The molecule has 0 aliphatic carbocycles. The minimum atomic E-state index is -1.85. The van der Waals surface area contributed by atoms with Crippen molar-refractivity contribution >= 4 is 17.9 Å². The van der Waals surface area contributed by atoms with E-state index in [1.165, 1.54) is 43.5 Å². The van der Waals surface area contributed by atoms with Crippen molar-refractivity contribution in [3.8, 4) is 0 Å². The van der Waals surface area contributed by atoms with Crippen LogP contribution in [-0.2, 0) is 25.5 Å². The highest BCUT2D eigenvalue weighted by atomic mass is 16.4. The Balaban J connectivity index is 2.48. The molecule has 0 saturated heterocycles. The van der Waals surface area contributed by atoms with Gasteiger partial charge < -0.3 is 31.0 Å². The van der Waals surface area contributed by atoms with Crippen LogP contribution in [0.3, 0.4) is 0 Å². The molecule has 0 spiro atoms. The summed E-state index contributed by atoms with van der Waals surface area (Å²) in [5.74, 6) is -3.64. The minimum absolute atomic E-state index is 0.000656. The number of rotatable bonds is 12. The Morgan fingerprint density at radius 1 is 1.00 bits per heavy atom. The lowest BCUT2D eigenvalue weighted by atomic mass is 9.88. The number of carboxylic acids is 3. The number of carboxylic acid groups (broad SMARTS) is 3. The van der Waals surface area contributed by atoms with Gasteiger partial charge in [0.15, 0.2) is 11.1 Å². The molecule has 0 fully saturated rings. The van der Waals surface area contributed by atoms with Crippen LogP contribution < -0.4 is 5.73 Å². The molecule has 12 heteroatoms. The summed E-state index contributed by atoms with van der Waals surface area (Å²) in [7, 11) is 0. The van der Waals surface area contributed by atoms with E-state index in [-0.39, 0.29) is 24.6 Å². The van der Waals surface area contributed by atoms with Gasteiger partial charge in [0, 0.05) is 31.3 Å². The summed E-state index contributed by atoms with van der Waals surface area (Å²) in [5, 5.41) is 29.2. The van der Waals surface area contributed by atoms with Crippen LogP contribution in [0.2, 0.25) is 0 Å². The van der Waals surface area contributed by atoms with Gasteiger partial charge in [0.1, 0.15) is 17.7 Å². The Bertz CT molecular complexity index is 812. The van der Waals surface area contributed by atoms with Crippen LogP contribution in [0.4, 0.5) is 0 Å². The number of imidazole rings is 2. The van der Waals surface area contributed by atoms with Crippen LogP contribution in [0.25, 0.3) is 0 Å². The molecule has 12 nitrogen and oxygen atoms in total. The first-order chi connectivity index (χ1) is 14.1. The molecule has 2 aromatic rings. The SMILES string of the molecule is CC(C(=O)O)(c1ncc[nH]1)N(CCCCC(N)C(=O)O)C(C)(C(=O)O)c1ncc[nH]1. The fourth-order valence-corrected chi connectivity index (χ4v) is 3.40. The van der Waals surface area contributed by atoms with Crippen LogP contribution in [0.15, 0.2) is 24.8 Å². The number of nitrogens with zero attached hydrogens (tertiary/aromatic N) is 3. The first-order valence-corrected chi connectivity index (χ1v) is 9.28. The quantitative estimate of drug-likeness (QED) is 0.259. The summed E-state index contributed by atoms with van der Waals surface area (Å²) < 4.78 is 0. The topological polar surface area (TPSA) is 199 Å². The monoisotopic (exact) mass is 422 g/mol. The van der Waals surface area contributed by atoms with Gasteiger partial charge in [0.25, 0.3) is 0 Å². The predicted molar refractivity (Wildman–Crippen MR) is 103 cm³/mol. The number of aromatic nitrogens is 4. The van der Waals surface area contributed by atoms with E-state index in [1.54, 1.807) is 0 Å². The van der Waals surface area contributed by atoms with Gasteiger partial charge in [-0.2, -0.15) is 0 Å². The van der Waals surface area contributed by atoms with E-state index in [9.17, 15) is 24.6 Å². The first kappa shape index (κ1) is 23.0. The number of hydrogen-bond donors (Lipinski definition) is 6. The average Bonchev–Trinajstić information content (AvgIpc) is 3.40. The van der Waals surface area contributed by atoms with Crippen LogP contribution in [-0.4, -0.2) is 70.6 Å². The van der Waals surface area contributed by atoms with Gasteiger partial charge in [-0.05, 0) is 26.7 Å². The smallest absolute Gasteiger partial charge is 0.331 e. The molecule has 2 heterocycles. The summed E-state index contributed by atoms with van der Waals surface area (Å²) >= 11 is 0. The highest BCUT2D eigenvalue weighted by molar-refractivity contribution is 5.83. The lowest BCUT2D eigenvalue weighted by Crippen LogP contribution is -2.62. The molecule has 7 N–H and O–H groups in total. The van der Waals surface area contributed by atoms with Gasteiger partial charge in [0.2, 0.25) is 0 Å². The zero-order valence-electron chi connectivity index (χ0n) is 16.7. The fraction of sp³-hybridized carbons (Fsp3) is 0.500. The molecule has 164 valence electrons. The molecule has 0 aromatic carbocycles. The maximum atomic E-state index is 12.4. The molecule has 0 bridgehead atoms. The minimum Gasteiger partial charge on any atom is -0.480 e. The zero-order valence-corrected chi connectivity index (χ0v) is 16.7. The van der Waals surface area contributed by atoms with E-state index in [4.69, 9.17) is 10.8 Å². The lowest BCUT2D eigenvalue weighted by molar-refractivity contribution is -0.169. The number of aliphatic carboxylic acids is 3. The second-order valence-corrected chi connectivity index (χ2v) is 7.22. The number of aromatic amines is 2. The largest absolute Gasteiger partial charge is 0.480 e. The number of nitrogens with two attached hydrogens (primary N) is 1. The van der Waals surface area contributed by atoms with Crippen LogP contribution >= 0.6 is 0 Å². The highest BCUT2D eigenvalue weighted by Crippen LogP contribution is 2.38. The maximum Gasteiger partial charge on any atom is 0.331 e. The predicted octanol–water partition coefficient (Wildman–Crippen LogP) is 0.317. The number of carbonyl (C=O) groups is 3. The second-order valence-electron chi connectivity index (χ2n) is 7.22. The first-order valence-electron chi connectivity index (χ1n) is 9.28. The van der Waals surface area contributed by atoms with Gasteiger partial charge in [-0.3, -0.25) is 9.69 Å². The molecular formula is C18H26N6O6. The summed E-state index contributed by atoms with van der Waals surface area (Å²) in [4.78, 5) is 50.7. The Morgan fingerprint density at radius 2 is 1.47 bits per heavy atom. The molecule has 2 rings (SSSR count). The Morgan fingerprint density at radius 3 is 1.80 bits per heavy atom. The normalized spacial score (nSPS) is 16.5. The van der Waals surface area contributed by atoms with Crippen molar-refractivity contribution < 1.29 is 29.7 Å². The number of H-pyrrole nitrogens is 2. The van der Waals surface area contributed by atoms with E-state index in [0.717, 1.165) is 0 Å². The Hall–Kier alpha value is -3.25. The number of unbranched alkanes of at least 4 members (excludes halogenated alkanes) is 1. The van der Waals surface area contributed by atoms with E-state index >= 15 is 0 Å². The van der Waals surface area contributed by atoms with Crippen LogP contribution in [0.5, 0.6) is 0 Å². The molecule has 3 unspecified atom stereocenters. The summed E-state index contributed by atoms with van der Waals surface area (Å²) in [6.07, 6.45) is 6.48. The fourth-order valence-electron chi connectivity index (χ4n) is 3.40. The maximum absolute atomic E-state index is 12.4. The summed E-state index contributed by atoms with van der Waals surface area (Å²) in [6, 6.07) is -1.05. The molecule has 2 aromatic heterocycles. The van der Waals surface area contributed by atoms with Crippen molar-refractivity contribution in [2.45, 2.75) is 50.2 Å². The summed E-state index contributed by atoms with van der Waals surface area (Å²) in [6.45, 7) is 2.72. The second kappa shape index (κ2) is 9.05. The molecule has 0 saturated carbocycles. The van der Waals surface area contributed by atoms with Gasteiger partial charge in [-0.15, -0.1) is 0 Å². The van der Waals surface area contributed by atoms with Crippen molar-refractivity contribution in [3.05, 3.63) is 36.4 Å². The third kappa shape index (κ3) is 4.19. The summed E-state index contributed by atoms with van der Waals surface area (Å²) in [5.41, 5.74) is 1.83. The third-order valence-corrected chi connectivity index (χ3v) is 5.30. The van der Waals surface area contributed by atoms with Crippen LogP contribution in [0.1, 0.15) is 44.8 Å². The van der Waals surface area contributed by atoms with Gasteiger partial charge in [-0.1, -0.05) is 6.42 Å². The molecule has 3 atom stereocenters. The van der Waals surface area contributed by atoms with Gasteiger partial charge in [-0.25, -0.2) is 19.6 Å². The number of hydrogen-bond acceptors (Lipinski definition) is 7. The lowest BCUT2D eigenvalue weighted by Gasteiger charge is -2.45. The van der Waals surface area contributed by atoms with E-state index in [2.05, 4.69) is 19.9 Å².